The van der Waals surface area contributed by atoms with Crippen molar-refractivity contribution in [3.05, 3.63) is 107 Å². The molecule has 0 bridgehead atoms. The Labute approximate surface area is 280 Å². The summed E-state index contributed by atoms with van der Waals surface area (Å²) in [5.41, 5.74) is 2.80. The van der Waals surface area contributed by atoms with Gasteiger partial charge in [-0.2, -0.15) is 0 Å². The van der Waals surface area contributed by atoms with Crippen LogP contribution in [0.4, 0.5) is 11.4 Å². The minimum absolute atomic E-state index is 0.0814. The van der Waals surface area contributed by atoms with E-state index in [-0.39, 0.29) is 33.7 Å². The summed E-state index contributed by atoms with van der Waals surface area (Å²) in [6, 6.07) is 19.8. The van der Waals surface area contributed by atoms with Crippen molar-refractivity contribution in [3.8, 4) is 0 Å². The molecular formula is C32H26BrCl2N3O4S2. The number of amides is 3. The molecule has 3 amide bonds. The molecule has 3 unspecified atom stereocenters. The molecule has 0 aliphatic carbocycles. The van der Waals surface area contributed by atoms with Crippen LogP contribution in [0.15, 0.2) is 81.0 Å². The van der Waals surface area contributed by atoms with Gasteiger partial charge in [0.05, 0.1) is 26.7 Å². The lowest BCUT2D eigenvalue weighted by atomic mass is 9.81. The summed E-state index contributed by atoms with van der Waals surface area (Å²) in [4.78, 5) is 56.2. The van der Waals surface area contributed by atoms with Gasteiger partial charge in [-0.1, -0.05) is 107 Å². The molecule has 0 radical (unpaired) electrons. The van der Waals surface area contributed by atoms with Crippen molar-refractivity contribution in [1.29, 1.82) is 0 Å². The van der Waals surface area contributed by atoms with Crippen LogP contribution >= 0.6 is 62.2 Å². The summed E-state index contributed by atoms with van der Waals surface area (Å²) < 4.78 is 2.22. The number of carbonyl (C=O) groups excluding carboxylic acids is 3. The Balaban J connectivity index is 1.41. The van der Waals surface area contributed by atoms with Gasteiger partial charge in [-0.05, 0) is 59.0 Å². The standard InChI is InChI=1S/C32H26BrCl2N3O4S2/c1-32(2,3)17-6-4-16(5-7-17)24-25-26(29(41)38(28(25)40)20-11-8-18(33)9-12-20)43-30-27(24)44-31(42)37(30)15-23(39)36-19-10-13-21(34)22(35)14-19/h4-14,24-26H,15H2,1-3H3,(H,36,39). The third-order valence-corrected chi connectivity index (χ3v) is 11.6. The number of hydrogen-bond donors (Lipinski definition) is 1. The number of hydrogen-bond acceptors (Lipinski definition) is 6. The van der Waals surface area contributed by atoms with Gasteiger partial charge in [0, 0.05) is 21.0 Å². The number of anilines is 2. The molecule has 44 heavy (non-hydrogen) atoms. The Morgan fingerprint density at radius 3 is 2.25 bits per heavy atom. The van der Waals surface area contributed by atoms with Gasteiger partial charge < -0.3 is 5.32 Å². The average Bonchev–Trinajstić information content (AvgIpc) is 3.41. The highest BCUT2D eigenvalue weighted by molar-refractivity contribution is 9.10. The Morgan fingerprint density at radius 1 is 0.932 bits per heavy atom. The van der Waals surface area contributed by atoms with Gasteiger partial charge in [0.25, 0.3) is 0 Å². The summed E-state index contributed by atoms with van der Waals surface area (Å²) in [6.45, 7) is 6.09. The van der Waals surface area contributed by atoms with E-state index in [1.807, 2.05) is 24.3 Å². The number of thiazole rings is 1. The van der Waals surface area contributed by atoms with Crippen LogP contribution in [0.2, 0.25) is 10.0 Å². The number of imide groups is 1. The fourth-order valence-electron chi connectivity index (χ4n) is 5.57. The summed E-state index contributed by atoms with van der Waals surface area (Å²) >= 11 is 17.7. The van der Waals surface area contributed by atoms with Crippen molar-refractivity contribution in [2.75, 3.05) is 10.2 Å². The topological polar surface area (TPSA) is 88.5 Å². The third kappa shape index (κ3) is 5.67. The third-order valence-electron chi connectivity index (χ3n) is 7.77. The van der Waals surface area contributed by atoms with Crippen LogP contribution in [0.1, 0.15) is 42.7 Å². The van der Waals surface area contributed by atoms with Crippen LogP contribution in [0.5, 0.6) is 0 Å². The number of rotatable bonds is 5. The number of benzene rings is 3. The van der Waals surface area contributed by atoms with E-state index in [9.17, 15) is 19.2 Å². The molecule has 1 N–H and O–H groups in total. The van der Waals surface area contributed by atoms with E-state index in [1.165, 1.54) is 27.3 Å². The first-order valence-electron chi connectivity index (χ1n) is 13.7. The highest BCUT2D eigenvalue weighted by Crippen LogP contribution is 2.54. The van der Waals surface area contributed by atoms with Crippen molar-refractivity contribution in [1.82, 2.24) is 4.57 Å². The van der Waals surface area contributed by atoms with Crippen molar-refractivity contribution in [2.24, 2.45) is 5.92 Å². The number of nitrogens with one attached hydrogen (secondary N) is 1. The van der Waals surface area contributed by atoms with Crippen molar-refractivity contribution < 1.29 is 14.4 Å². The molecule has 6 rings (SSSR count). The molecule has 3 aromatic carbocycles. The summed E-state index contributed by atoms with van der Waals surface area (Å²) in [7, 11) is 0. The quantitative estimate of drug-likeness (QED) is 0.213. The van der Waals surface area contributed by atoms with Crippen LogP contribution in [-0.4, -0.2) is 27.5 Å². The summed E-state index contributed by atoms with van der Waals surface area (Å²) in [5.74, 6) is -2.36. The van der Waals surface area contributed by atoms with Crippen molar-refractivity contribution in [2.45, 2.75) is 48.9 Å². The molecule has 4 aromatic rings. The highest BCUT2D eigenvalue weighted by Gasteiger charge is 2.56. The second-order valence-electron chi connectivity index (χ2n) is 11.7. The van der Waals surface area contributed by atoms with Gasteiger partial charge in [0.15, 0.2) is 0 Å². The molecule has 0 spiro atoms. The van der Waals surface area contributed by atoms with Crippen molar-refractivity contribution >= 4 is 91.3 Å². The second kappa shape index (κ2) is 11.8. The number of carbonyl (C=O) groups is 3. The van der Waals surface area contributed by atoms with Gasteiger partial charge in [-0.15, -0.1) is 0 Å². The Bertz CT molecular complexity index is 1870. The fourth-order valence-corrected chi connectivity index (χ4v) is 8.90. The summed E-state index contributed by atoms with van der Waals surface area (Å²) in [5, 5.41) is 3.15. The van der Waals surface area contributed by atoms with E-state index in [2.05, 4.69) is 42.0 Å². The highest BCUT2D eigenvalue weighted by atomic mass is 79.9. The lowest BCUT2D eigenvalue weighted by molar-refractivity contribution is -0.122. The van der Waals surface area contributed by atoms with E-state index in [1.54, 1.807) is 36.4 Å². The Kier molecular flexibility index (Phi) is 8.34. The molecule has 3 heterocycles. The van der Waals surface area contributed by atoms with Gasteiger partial charge in [0.1, 0.15) is 11.8 Å². The van der Waals surface area contributed by atoms with Crippen LogP contribution in [-0.2, 0) is 26.3 Å². The fraction of sp³-hybridized carbons (Fsp3) is 0.250. The number of fused-ring (bicyclic) bond motifs is 2. The van der Waals surface area contributed by atoms with Gasteiger partial charge in [-0.25, -0.2) is 4.90 Å². The van der Waals surface area contributed by atoms with Gasteiger partial charge in [-0.3, -0.25) is 23.7 Å². The van der Waals surface area contributed by atoms with Gasteiger partial charge in [0.2, 0.25) is 17.7 Å². The minimum atomic E-state index is -0.774. The maximum absolute atomic E-state index is 14.1. The average molecular weight is 732 g/mol. The SMILES string of the molecule is CC(C)(C)c1ccc(C2c3sc(=O)n(CC(=O)Nc4ccc(Cl)c(Cl)c4)c3SC3C(=O)N(c4ccc(Br)cc4)C(=O)C32)cc1. The Hall–Kier alpha value is -2.89. The molecule has 1 aromatic heterocycles. The van der Waals surface area contributed by atoms with E-state index in [0.717, 1.165) is 26.9 Å². The first-order valence-corrected chi connectivity index (χ1v) is 17.0. The second-order valence-corrected chi connectivity index (χ2v) is 15.6. The molecule has 1 fully saturated rings. The van der Waals surface area contributed by atoms with E-state index in [0.29, 0.717) is 26.3 Å². The molecule has 2 aliphatic heterocycles. The zero-order chi connectivity index (χ0) is 31.5. The molecule has 3 atom stereocenters. The van der Waals surface area contributed by atoms with Crippen LogP contribution < -0.4 is 15.1 Å². The molecule has 7 nitrogen and oxygen atoms in total. The van der Waals surface area contributed by atoms with Crippen molar-refractivity contribution in [3.63, 3.8) is 0 Å². The van der Waals surface area contributed by atoms with Crippen LogP contribution in [0.25, 0.3) is 0 Å². The zero-order valence-corrected chi connectivity index (χ0v) is 28.5. The lowest BCUT2D eigenvalue weighted by Gasteiger charge is -2.31. The number of aromatic nitrogens is 1. The predicted molar refractivity (Wildman–Crippen MR) is 180 cm³/mol. The van der Waals surface area contributed by atoms with Crippen LogP contribution in [0.3, 0.4) is 0 Å². The van der Waals surface area contributed by atoms with Gasteiger partial charge >= 0.3 is 4.87 Å². The number of halogens is 3. The van der Waals surface area contributed by atoms with E-state index >= 15 is 0 Å². The lowest BCUT2D eigenvalue weighted by Crippen LogP contribution is -2.33. The first-order chi connectivity index (χ1) is 20.8. The molecule has 12 heteroatoms. The Morgan fingerprint density at radius 2 is 1.61 bits per heavy atom. The number of thioether (sulfide) groups is 1. The summed E-state index contributed by atoms with van der Waals surface area (Å²) in [6.07, 6.45) is 0. The number of nitrogens with zero attached hydrogens (tertiary/aromatic N) is 2. The van der Waals surface area contributed by atoms with Crippen LogP contribution in [0, 0.1) is 5.92 Å². The minimum Gasteiger partial charge on any atom is -0.324 e. The largest absolute Gasteiger partial charge is 0.324 e. The molecule has 1 saturated heterocycles. The van der Waals surface area contributed by atoms with E-state index in [4.69, 9.17) is 23.2 Å². The maximum atomic E-state index is 14.1. The molecule has 226 valence electrons. The normalized spacial score (nSPS) is 19.6. The predicted octanol–water partition coefficient (Wildman–Crippen LogP) is 7.71. The van der Waals surface area contributed by atoms with E-state index < -0.39 is 23.0 Å². The maximum Gasteiger partial charge on any atom is 0.308 e. The zero-order valence-electron chi connectivity index (χ0n) is 23.8. The molecule has 0 saturated carbocycles. The smallest absolute Gasteiger partial charge is 0.308 e. The first kappa shape index (κ1) is 31.1. The monoisotopic (exact) mass is 729 g/mol. The molecular weight excluding hydrogens is 705 g/mol. The molecule has 2 aliphatic rings.